The van der Waals surface area contributed by atoms with E-state index >= 15 is 0 Å². The number of imidazole rings is 1. The molecular formula is C23H28N4O4. The van der Waals surface area contributed by atoms with Crippen molar-refractivity contribution in [3.05, 3.63) is 42.2 Å². The second kappa shape index (κ2) is 7.94. The Balaban J connectivity index is 1.61. The van der Waals surface area contributed by atoms with Crippen molar-refractivity contribution in [1.82, 2.24) is 20.8 Å². The number of nitrogens with zero attached hydrogens (tertiary/aromatic N) is 1. The highest BCUT2D eigenvalue weighted by atomic mass is 16.5. The van der Waals surface area contributed by atoms with E-state index in [0.29, 0.717) is 18.7 Å². The molecule has 0 saturated heterocycles. The molecule has 8 nitrogen and oxygen atoms in total. The second-order valence-corrected chi connectivity index (χ2v) is 8.93. The number of hydroxylamine groups is 1. The molecular weight excluding hydrogens is 396 g/mol. The number of nitrogens with one attached hydrogen (secondary N) is 3. The minimum Gasteiger partial charge on any atom is -0.381 e. The first-order chi connectivity index (χ1) is 14.7. The number of benzene rings is 2. The third kappa shape index (κ3) is 4.13. The van der Waals surface area contributed by atoms with Crippen LogP contribution in [0.2, 0.25) is 0 Å². The van der Waals surface area contributed by atoms with Gasteiger partial charge in [-0.15, -0.1) is 0 Å². The summed E-state index contributed by atoms with van der Waals surface area (Å²) in [4.78, 5) is 32.1. The number of unbranched alkanes of at least 4 members (excludes halogenated alkanes) is 1. The van der Waals surface area contributed by atoms with Gasteiger partial charge in [-0.2, -0.15) is 0 Å². The van der Waals surface area contributed by atoms with Crippen LogP contribution in [-0.4, -0.2) is 37.7 Å². The minimum atomic E-state index is -1.50. The fraction of sp³-hybridized carbons (Fsp3) is 0.435. The summed E-state index contributed by atoms with van der Waals surface area (Å²) >= 11 is 0. The van der Waals surface area contributed by atoms with Crippen LogP contribution in [0, 0.1) is 5.92 Å². The van der Waals surface area contributed by atoms with Crippen molar-refractivity contribution in [2.75, 3.05) is 0 Å². The number of aromatic nitrogens is 2. The Morgan fingerprint density at radius 1 is 1.23 bits per heavy atom. The Hall–Kier alpha value is -2.97. The Bertz CT molecular complexity index is 1130. The van der Waals surface area contributed by atoms with Crippen LogP contribution in [0.5, 0.6) is 0 Å². The monoisotopic (exact) mass is 424 g/mol. The van der Waals surface area contributed by atoms with Crippen LogP contribution >= 0.6 is 0 Å². The quantitative estimate of drug-likeness (QED) is 0.216. The maximum atomic E-state index is 12.6. The fourth-order valence-electron chi connectivity index (χ4n) is 4.22. The molecule has 2 atom stereocenters. The van der Waals surface area contributed by atoms with E-state index in [0.717, 1.165) is 34.6 Å². The average molecular weight is 425 g/mol. The highest BCUT2D eigenvalue weighted by Gasteiger charge is 2.59. The van der Waals surface area contributed by atoms with Crippen LogP contribution in [0.4, 0.5) is 0 Å². The third-order valence-corrected chi connectivity index (χ3v) is 6.13. The fourth-order valence-corrected chi connectivity index (χ4v) is 4.22. The van der Waals surface area contributed by atoms with Gasteiger partial charge in [0.05, 0.1) is 11.0 Å². The number of hydrogen-bond acceptors (Lipinski definition) is 5. The molecule has 4 rings (SSSR count). The predicted molar refractivity (Wildman–Crippen MR) is 116 cm³/mol. The molecule has 1 aromatic heterocycles. The zero-order valence-corrected chi connectivity index (χ0v) is 17.7. The number of carbonyl (C=O) groups excluding carboxylic acids is 2. The van der Waals surface area contributed by atoms with Gasteiger partial charge >= 0.3 is 0 Å². The molecule has 1 aliphatic carbocycles. The summed E-state index contributed by atoms with van der Waals surface area (Å²) in [5.41, 5.74) is 1.23. The van der Waals surface area contributed by atoms with E-state index in [1.54, 1.807) is 5.48 Å². The van der Waals surface area contributed by atoms with Crippen molar-refractivity contribution >= 4 is 33.6 Å². The number of hydrogen-bond donors (Lipinski definition) is 5. The number of aromatic amines is 1. The molecule has 0 bridgehead atoms. The first kappa shape index (κ1) is 21.3. The van der Waals surface area contributed by atoms with Gasteiger partial charge in [-0.3, -0.25) is 14.8 Å². The Morgan fingerprint density at radius 2 is 2.00 bits per heavy atom. The van der Waals surface area contributed by atoms with Crippen molar-refractivity contribution in [2.45, 2.75) is 57.1 Å². The van der Waals surface area contributed by atoms with E-state index in [9.17, 15) is 14.7 Å². The third-order valence-electron chi connectivity index (χ3n) is 6.13. The predicted octanol–water partition coefficient (Wildman–Crippen LogP) is 2.88. The molecule has 2 aromatic carbocycles. The summed E-state index contributed by atoms with van der Waals surface area (Å²) < 4.78 is 0. The molecule has 1 fully saturated rings. The van der Waals surface area contributed by atoms with Crippen molar-refractivity contribution in [3.63, 3.8) is 0 Å². The molecule has 0 radical (unpaired) electrons. The van der Waals surface area contributed by atoms with Crippen LogP contribution in [0.1, 0.15) is 51.8 Å². The highest BCUT2D eigenvalue weighted by molar-refractivity contribution is 6.04. The van der Waals surface area contributed by atoms with Gasteiger partial charge in [-0.25, -0.2) is 10.5 Å². The van der Waals surface area contributed by atoms with Gasteiger partial charge in [0.1, 0.15) is 17.0 Å². The van der Waals surface area contributed by atoms with Crippen LogP contribution in [0.25, 0.3) is 21.8 Å². The number of carbonyl (C=O) groups is 2. The first-order valence-electron chi connectivity index (χ1n) is 10.6. The van der Waals surface area contributed by atoms with E-state index in [-0.39, 0.29) is 12.3 Å². The van der Waals surface area contributed by atoms with Crippen molar-refractivity contribution < 1.29 is 19.9 Å². The summed E-state index contributed by atoms with van der Waals surface area (Å²) in [5.74, 6) is -0.0149. The van der Waals surface area contributed by atoms with E-state index in [2.05, 4.69) is 10.3 Å². The van der Waals surface area contributed by atoms with Crippen LogP contribution in [-0.2, 0) is 15.1 Å². The normalized spacial score (nSPS) is 20.7. The molecule has 1 saturated carbocycles. The second-order valence-electron chi connectivity index (χ2n) is 8.93. The summed E-state index contributed by atoms with van der Waals surface area (Å²) in [6.45, 7) is 2.93. The van der Waals surface area contributed by atoms with Gasteiger partial charge in [-0.1, -0.05) is 36.8 Å². The lowest BCUT2D eigenvalue weighted by Crippen LogP contribution is -2.48. The van der Waals surface area contributed by atoms with E-state index in [1.165, 1.54) is 13.8 Å². The molecule has 3 aromatic rings. The SMILES string of the molecule is CC(C)(O)C(=O)N[C@]1(c2nc3c(ccc4ccccc43)[nH]2)CC1CCCCC(=O)NO. The molecule has 8 heteroatoms. The van der Waals surface area contributed by atoms with Gasteiger partial charge in [0.15, 0.2) is 0 Å². The lowest BCUT2D eigenvalue weighted by Gasteiger charge is -2.23. The van der Waals surface area contributed by atoms with Gasteiger partial charge in [0.2, 0.25) is 5.91 Å². The lowest BCUT2D eigenvalue weighted by molar-refractivity contribution is -0.137. The number of aliphatic hydroxyl groups is 1. The maximum Gasteiger partial charge on any atom is 0.252 e. The summed E-state index contributed by atoms with van der Waals surface area (Å²) in [6.07, 6.45) is 3.18. The first-order valence-corrected chi connectivity index (χ1v) is 10.6. The van der Waals surface area contributed by atoms with Crippen molar-refractivity contribution in [2.24, 2.45) is 5.92 Å². The summed E-state index contributed by atoms with van der Waals surface area (Å²) in [7, 11) is 0. The Morgan fingerprint density at radius 3 is 2.74 bits per heavy atom. The molecule has 1 aliphatic rings. The smallest absolute Gasteiger partial charge is 0.252 e. The zero-order chi connectivity index (χ0) is 22.2. The highest BCUT2D eigenvalue weighted by Crippen LogP contribution is 2.54. The van der Waals surface area contributed by atoms with Crippen molar-refractivity contribution in [3.8, 4) is 0 Å². The van der Waals surface area contributed by atoms with Gasteiger partial charge in [0.25, 0.3) is 5.91 Å². The van der Waals surface area contributed by atoms with E-state index < -0.39 is 23.0 Å². The molecule has 31 heavy (non-hydrogen) atoms. The number of fused-ring (bicyclic) bond motifs is 3. The largest absolute Gasteiger partial charge is 0.381 e. The molecule has 1 unspecified atom stereocenters. The molecule has 164 valence electrons. The Labute approximate surface area is 180 Å². The number of amides is 2. The van der Waals surface area contributed by atoms with Gasteiger partial charge < -0.3 is 15.4 Å². The van der Waals surface area contributed by atoms with Crippen LogP contribution in [0.15, 0.2) is 36.4 Å². The van der Waals surface area contributed by atoms with Crippen LogP contribution < -0.4 is 10.8 Å². The zero-order valence-electron chi connectivity index (χ0n) is 17.7. The Kier molecular flexibility index (Phi) is 5.45. The average Bonchev–Trinajstić information content (AvgIpc) is 3.24. The number of rotatable bonds is 8. The molecule has 5 N–H and O–H groups in total. The minimum absolute atomic E-state index is 0.141. The molecule has 0 aliphatic heterocycles. The van der Waals surface area contributed by atoms with Gasteiger partial charge in [-0.05, 0) is 50.5 Å². The summed E-state index contributed by atoms with van der Waals surface area (Å²) in [6, 6.07) is 12.1. The van der Waals surface area contributed by atoms with E-state index in [1.807, 2.05) is 36.4 Å². The lowest BCUT2D eigenvalue weighted by atomic mass is 10.0. The van der Waals surface area contributed by atoms with Crippen LogP contribution in [0.3, 0.4) is 0 Å². The van der Waals surface area contributed by atoms with Crippen molar-refractivity contribution in [1.29, 1.82) is 0 Å². The molecule has 2 amide bonds. The maximum absolute atomic E-state index is 12.6. The molecule has 0 spiro atoms. The van der Waals surface area contributed by atoms with Gasteiger partial charge in [0, 0.05) is 11.8 Å². The van der Waals surface area contributed by atoms with E-state index in [4.69, 9.17) is 10.2 Å². The number of H-pyrrole nitrogens is 1. The topological polar surface area (TPSA) is 127 Å². The standard InChI is InChI=1S/C23H28N4O4/c1-22(2,30)21(29)26-23(13-15(23)8-4-6-10-18(28)27-31)20-24-17-12-11-14-7-3-5-9-16(14)19(17)25-20/h3,5,7,9,11-12,15,30-31H,4,6,8,10,13H2,1-2H3,(H,24,25)(H,26,29)(H,27,28)/t15?,23-/m1/s1. The summed E-state index contributed by atoms with van der Waals surface area (Å²) in [5, 5.41) is 24.0. The molecule has 1 heterocycles.